The summed E-state index contributed by atoms with van der Waals surface area (Å²) >= 11 is 0. The number of rotatable bonds is 5. The van der Waals surface area contributed by atoms with Gasteiger partial charge in [-0.2, -0.15) is 13.2 Å². The van der Waals surface area contributed by atoms with E-state index in [4.69, 9.17) is 0 Å². The zero-order valence-electron chi connectivity index (χ0n) is 20.0. The van der Waals surface area contributed by atoms with Crippen LogP contribution in [0, 0.1) is 5.92 Å². The fourth-order valence-electron chi connectivity index (χ4n) is 5.58. The summed E-state index contributed by atoms with van der Waals surface area (Å²) < 4.78 is 40.2. The number of nitrogens with zero attached hydrogens (tertiary/aromatic N) is 4. The van der Waals surface area contributed by atoms with Gasteiger partial charge in [0, 0.05) is 57.3 Å². The van der Waals surface area contributed by atoms with Gasteiger partial charge in [0.1, 0.15) is 0 Å². The largest absolute Gasteiger partial charge is 0.416 e. The molecule has 3 aliphatic rings. The number of benzene rings is 1. The SMILES string of the molecule is O=C(NCc1cccnc1)C1Cc2cc(C(F)(F)F)ccc2N2CCN(CC(=O)N3CCCC3)CC12. The maximum absolute atomic E-state index is 13.4. The van der Waals surface area contributed by atoms with Gasteiger partial charge in [0.2, 0.25) is 11.8 Å². The van der Waals surface area contributed by atoms with Crippen LogP contribution in [0.5, 0.6) is 0 Å². The summed E-state index contributed by atoms with van der Waals surface area (Å²) in [6.45, 7) is 3.83. The number of halogens is 3. The van der Waals surface area contributed by atoms with Gasteiger partial charge in [-0.25, -0.2) is 0 Å². The smallest absolute Gasteiger partial charge is 0.365 e. The van der Waals surface area contributed by atoms with E-state index in [1.54, 1.807) is 18.5 Å². The van der Waals surface area contributed by atoms with Crippen molar-refractivity contribution in [3.63, 3.8) is 0 Å². The van der Waals surface area contributed by atoms with Gasteiger partial charge in [0.15, 0.2) is 0 Å². The number of aromatic nitrogens is 1. The average molecular weight is 502 g/mol. The van der Waals surface area contributed by atoms with Crippen LogP contribution in [0.4, 0.5) is 18.9 Å². The van der Waals surface area contributed by atoms with Crippen LogP contribution in [-0.2, 0) is 28.7 Å². The van der Waals surface area contributed by atoms with Crippen molar-refractivity contribution in [2.45, 2.75) is 38.0 Å². The maximum atomic E-state index is 13.4. The van der Waals surface area contributed by atoms with Gasteiger partial charge in [-0.3, -0.25) is 19.5 Å². The standard InChI is InChI=1S/C26H30F3N5O2/c27-26(28,29)20-5-6-22-19(12-20)13-21(25(36)31-15-18-4-3-7-30-14-18)23-16-32(10-11-34(22)23)17-24(35)33-8-1-2-9-33/h3-7,12,14,21,23H,1-2,8-11,13,15-17H2,(H,31,36). The molecule has 10 heteroatoms. The normalized spacial score (nSPS) is 22.2. The molecular formula is C26H30F3N5O2. The summed E-state index contributed by atoms with van der Waals surface area (Å²) in [5.74, 6) is -0.642. The Morgan fingerprint density at radius 1 is 1.08 bits per heavy atom. The van der Waals surface area contributed by atoms with Crippen LogP contribution >= 0.6 is 0 Å². The first-order chi connectivity index (χ1) is 17.3. The summed E-state index contributed by atoms with van der Waals surface area (Å²) in [4.78, 5) is 36.2. The van der Waals surface area contributed by atoms with E-state index in [9.17, 15) is 22.8 Å². The van der Waals surface area contributed by atoms with Gasteiger partial charge in [0.25, 0.3) is 0 Å². The summed E-state index contributed by atoms with van der Waals surface area (Å²) in [5.41, 5.74) is 1.42. The molecule has 7 nitrogen and oxygen atoms in total. The number of anilines is 1. The topological polar surface area (TPSA) is 68.8 Å². The lowest BCUT2D eigenvalue weighted by atomic mass is 9.82. The highest BCUT2D eigenvalue weighted by Gasteiger charge is 2.43. The number of likely N-dealkylation sites (tertiary alicyclic amines) is 1. The van der Waals surface area contributed by atoms with Crippen molar-refractivity contribution in [1.29, 1.82) is 0 Å². The molecule has 0 aliphatic carbocycles. The van der Waals surface area contributed by atoms with E-state index in [1.807, 2.05) is 11.0 Å². The van der Waals surface area contributed by atoms with Crippen LogP contribution in [0.2, 0.25) is 0 Å². The Morgan fingerprint density at radius 3 is 2.61 bits per heavy atom. The highest BCUT2D eigenvalue weighted by atomic mass is 19.4. The molecule has 1 N–H and O–H groups in total. The third kappa shape index (κ3) is 5.18. The monoisotopic (exact) mass is 501 g/mol. The van der Waals surface area contributed by atoms with Crippen LogP contribution < -0.4 is 10.2 Å². The van der Waals surface area contributed by atoms with E-state index in [0.29, 0.717) is 38.3 Å². The van der Waals surface area contributed by atoms with Gasteiger partial charge in [0.05, 0.1) is 24.1 Å². The molecule has 2 aromatic rings. The van der Waals surface area contributed by atoms with Crippen LogP contribution in [0.1, 0.15) is 29.5 Å². The number of pyridine rings is 1. The fraction of sp³-hybridized carbons (Fsp3) is 0.500. The molecule has 2 atom stereocenters. The third-order valence-electron chi connectivity index (χ3n) is 7.47. The van der Waals surface area contributed by atoms with E-state index in [1.165, 1.54) is 12.1 Å². The number of piperazine rings is 1. The van der Waals surface area contributed by atoms with Crippen molar-refractivity contribution in [3.05, 3.63) is 59.4 Å². The van der Waals surface area contributed by atoms with E-state index < -0.39 is 17.7 Å². The molecule has 4 heterocycles. The second-order valence-corrected chi connectivity index (χ2v) is 9.81. The second-order valence-electron chi connectivity index (χ2n) is 9.81. The van der Waals surface area contributed by atoms with Gasteiger partial charge >= 0.3 is 6.18 Å². The Kier molecular flexibility index (Phi) is 6.87. The minimum absolute atomic E-state index is 0.101. The molecule has 192 valence electrons. The van der Waals surface area contributed by atoms with E-state index in [2.05, 4.69) is 20.1 Å². The highest BCUT2D eigenvalue weighted by molar-refractivity contribution is 5.82. The maximum Gasteiger partial charge on any atom is 0.416 e. The average Bonchev–Trinajstić information content (AvgIpc) is 3.42. The van der Waals surface area contributed by atoms with Gasteiger partial charge in [-0.15, -0.1) is 0 Å². The van der Waals surface area contributed by atoms with Crippen LogP contribution in [-0.4, -0.2) is 71.9 Å². The third-order valence-corrected chi connectivity index (χ3v) is 7.47. The number of carbonyl (C=O) groups is 2. The predicted octanol–water partition coefficient (Wildman–Crippen LogP) is 2.70. The van der Waals surface area contributed by atoms with Crippen LogP contribution in [0.25, 0.3) is 0 Å². The molecule has 0 bridgehead atoms. The first-order valence-corrected chi connectivity index (χ1v) is 12.4. The lowest BCUT2D eigenvalue weighted by Gasteiger charge is -2.49. The molecule has 3 aliphatic heterocycles. The van der Waals surface area contributed by atoms with E-state index >= 15 is 0 Å². The van der Waals surface area contributed by atoms with Gasteiger partial charge in [-0.05, 0) is 54.7 Å². The molecule has 0 spiro atoms. The number of hydrogen-bond donors (Lipinski definition) is 1. The Balaban J connectivity index is 1.37. The molecule has 2 amide bonds. The number of amides is 2. The number of alkyl halides is 3. The van der Waals surface area contributed by atoms with Gasteiger partial charge < -0.3 is 15.1 Å². The Bertz CT molecular complexity index is 1100. The lowest BCUT2D eigenvalue weighted by Crippen LogP contribution is -2.62. The fourth-order valence-corrected chi connectivity index (χ4v) is 5.58. The van der Waals surface area contributed by atoms with Crippen molar-refractivity contribution in [3.8, 4) is 0 Å². The molecule has 0 radical (unpaired) electrons. The second kappa shape index (κ2) is 10.1. The Hall–Kier alpha value is -3.14. The molecule has 0 saturated carbocycles. The molecule has 1 aromatic carbocycles. The van der Waals surface area contributed by atoms with Crippen molar-refractivity contribution in [2.24, 2.45) is 5.92 Å². The van der Waals surface area contributed by atoms with E-state index in [0.717, 1.165) is 43.2 Å². The molecule has 2 fully saturated rings. The quantitative estimate of drug-likeness (QED) is 0.683. The first kappa shape index (κ1) is 24.5. The summed E-state index contributed by atoms with van der Waals surface area (Å²) in [6, 6.07) is 7.23. The van der Waals surface area contributed by atoms with E-state index in [-0.39, 0.29) is 24.3 Å². The van der Waals surface area contributed by atoms with Crippen LogP contribution in [0.3, 0.4) is 0 Å². The zero-order chi connectivity index (χ0) is 25.3. The van der Waals surface area contributed by atoms with Crippen molar-refractivity contribution in [1.82, 2.24) is 20.1 Å². The molecule has 2 unspecified atom stereocenters. The number of hydrogen-bond acceptors (Lipinski definition) is 5. The zero-order valence-corrected chi connectivity index (χ0v) is 20.0. The molecule has 36 heavy (non-hydrogen) atoms. The lowest BCUT2D eigenvalue weighted by molar-refractivity contribution is -0.137. The number of nitrogens with one attached hydrogen (secondary N) is 1. The molecule has 2 saturated heterocycles. The Labute approximate surface area is 208 Å². The summed E-state index contributed by atoms with van der Waals surface area (Å²) in [5, 5.41) is 2.96. The van der Waals surface area contributed by atoms with Crippen molar-refractivity contribution in [2.75, 3.05) is 44.2 Å². The van der Waals surface area contributed by atoms with Gasteiger partial charge in [-0.1, -0.05) is 6.07 Å². The highest BCUT2D eigenvalue weighted by Crippen LogP contribution is 2.39. The predicted molar refractivity (Wildman–Crippen MR) is 128 cm³/mol. The molecule has 5 rings (SSSR count). The minimum atomic E-state index is -4.45. The number of carbonyl (C=O) groups excluding carboxylic acids is 2. The number of fused-ring (bicyclic) bond motifs is 3. The first-order valence-electron chi connectivity index (χ1n) is 12.4. The van der Waals surface area contributed by atoms with Crippen molar-refractivity contribution < 1.29 is 22.8 Å². The molecular weight excluding hydrogens is 471 g/mol. The summed E-state index contributed by atoms with van der Waals surface area (Å²) in [7, 11) is 0. The summed E-state index contributed by atoms with van der Waals surface area (Å²) in [6.07, 6.45) is 1.14. The Morgan fingerprint density at radius 2 is 1.89 bits per heavy atom. The molecule has 1 aromatic heterocycles. The minimum Gasteiger partial charge on any atom is -0.365 e. The van der Waals surface area contributed by atoms with Crippen LogP contribution in [0.15, 0.2) is 42.7 Å². The van der Waals surface area contributed by atoms with Crippen molar-refractivity contribution >= 4 is 17.5 Å².